The highest BCUT2D eigenvalue weighted by atomic mass is 35.5. The van der Waals surface area contributed by atoms with Gasteiger partial charge in [0.05, 0.1) is 0 Å². The summed E-state index contributed by atoms with van der Waals surface area (Å²) in [6.45, 7) is 5.42. The van der Waals surface area contributed by atoms with Crippen molar-refractivity contribution in [3.05, 3.63) is 29.3 Å². The van der Waals surface area contributed by atoms with Gasteiger partial charge in [0.1, 0.15) is 11.9 Å². The number of halogens is 1. The van der Waals surface area contributed by atoms with E-state index in [0.717, 1.165) is 44.4 Å². The maximum Gasteiger partial charge on any atom is 0.308 e. The standard InChI is InChI=1S/C31H45ClO4/c1-21(33)35-25-12-13-26-24(20-25)19-23(11-9-7-5-4-6-8-10-18-32)30-27(26)16-17-31(3)28(30)14-15-29(31)36-22(2)34/h12-13,20,23,27-30H,4-11,14-19H2,1-3H3/t23-,27-,28+,29+,30-,31+/m1/s1. The van der Waals surface area contributed by atoms with Crippen molar-refractivity contribution in [2.75, 3.05) is 5.88 Å². The molecule has 4 rings (SSSR count). The van der Waals surface area contributed by atoms with Crippen LogP contribution in [-0.4, -0.2) is 23.9 Å². The van der Waals surface area contributed by atoms with Crippen LogP contribution < -0.4 is 4.74 Å². The van der Waals surface area contributed by atoms with Gasteiger partial charge in [-0.25, -0.2) is 0 Å². The zero-order valence-electron chi connectivity index (χ0n) is 22.5. The Labute approximate surface area is 222 Å². The second-order valence-electron chi connectivity index (χ2n) is 11.9. The summed E-state index contributed by atoms with van der Waals surface area (Å²) in [6.07, 6.45) is 15.7. The number of benzene rings is 1. The van der Waals surface area contributed by atoms with E-state index in [1.807, 2.05) is 6.07 Å². The minimum Gasteiger partial charge on any atom is -0.462 e. The van der Waals surface area contributed by atoms with Gasteiger partial charge in [0.2, 0.25) is 0 Å². The molecule has 0 unspecified atom stereocenters. The molecule has 0 aromatic heterocycles. The van der Waals surface area contributed by atoms with Crippen LogP contribution in [0.1, 0.15) is 115 Å². The lowest BCUT2D eigenvalue weighted by atomic mass is 9.52. The molecular formula is C31H45ClO4. The second kappa shape index (κ2) is 12.3. The monoisotopic (exact) mass is 516 g/mol. The van der Waals surface area contributed by atoms with Gasteiger partial charge in [0.15, 0.2) is 0 Å². The minimum atomic E-state index is -0.262. The van der Waals surface area contributed by atoms with Gasteiger partial charge in [-0.15, -0.1) is 11.6 Å². The highest BCUT2D eigenvalue weighted by Gasteiger charge is 2.58. The Kier molecular flexibility index (Phi) is 9.41. The van der Waals surface area contributed by atoms with E-state index in [-0.39, 0.29) is 23.5 Å². The van der Waals surface area contributed by atoms with E-state index < -0.39 is 0 Å². The quantitative estimate of drug-likeness (QED) is 0.129. The van der Waals surface area contributed by atoms with Gasteiger partial charge in [-0.1, -0.05) is 51.5 Å². The summed E-state index contributed by atoms with van der Waals surface area (Å²) in [6, 6.07) is 6.33. The first-order valence-corrected chi connectivity index (χ1v) is 14.9. The zero-order valence-corrected chi connectivity index (χ0v) is 23.3. The fourth-order valence-electron chi connectivity index (χ4n) is 8.01. The van der Waals surface area contributed by atoms with Crippen molar-refractivity contribution in [1.82, 2.24) is 0 Å². The Morgan fingerprint density at radius 3 is 2.39 bits per heavy atom. The topological polar surface area (TPSA) is 52.6 Å². The summed E-state index contributed by atoms with van der Waals surface area (Å²) < 4.78 is 11.3. The Bertz CT molecular complexity index is 914. The molecule has 4 nitrogen and oxygen atoms in total. The molecule has 36 heavy (non-hydrogen) atoms. The molecule has 3 aliphatic carbocycles. The van der Waals surface area contributed by atoms with E-state index in [9.17, 15) is 9.59 Å². The lowest BCUT2D eigenvalue weighted by Gasteiger charge is -2.53. The van der Waals surface area contributed by atoms with Crippen LogP contribution in [0, 0.1) is 23.2 Å². The van der Waals surface area contributed by atoms with Crippen molar-refractivity contribution >= 4 is 23.5 Å². The maximum absolute atomic E-state index is 11.9. The predicted octanol–water partition coefficient (Wildman–Crippen LogP) is 7.99. The van der Waals surface area contributed by atoms with Crippen molar-refractivity contribution in [2.45, 2.75) is 116 Å². The van der Waals surface area contributed by atoms with Crippen molar-refractivity contribution in [2.24, 2.45) is 23.2 Å². The minimum absolute atomic E-state index is 0.0577. The van der Waals surface area contributed by atoms with Crippen LogP contribution in [-0.2, 0) is 20.7 Å². The summed E-state index contributed by atoms with van der Waals surface area (Å²) in [5, 5.41) is 0. The molecule has 3 aliphatic rings. The lowest BCUT2D eigenvalue weighted by molar-refractivity contribution is -0.155. The molecule has 0 radical (unpaired) electrons. The predicted molar refractivity (Wildman–Crippen MR) is 144 cm³/mol. The van der Waals surface area contributed by atoms with Crippen LogP contribution in [0.15, 0.2) is 18.2 Å². The van der Waals surface area contributed by atoms with E-state index in [0.29, 0.717) is 29.4 Å². The van der Waals surface area contributed by atoms with Gasteiger partial charge in [-0.3, -0.25) is 9.59 Å². The zero-order chi connectivity index (χ0) is 25.7. The molecule has 0 saturated heterocycles. The fraction of sp³-hybridized carbons (Fsp3) is 0.742. The van der Waals surface area contributed by atoms with Gasteiger partial charge in [-0.2, -0.15) is 0 Å². The summed E-state index contributed by atoms with van der Waals surface area (Å²) in [5.74, 6) is 3.47. The van der Waals surface area contributed by atoms with E-state index in [1.54, 1.807) is 6.92 Å². The van der Waals surface area contributed by atoms with E-state index in [4.69, 9.17) is 21.1 Å². The van der Waals surface area contributed by atoms with Gasteiger partial charge < -0.3 is 9.47 Å². The molecule has 0 bridgehead atoms. The van der Waals surface area contributed by atoms with Crippen LogP contribution in [0.3, 0.4) is 0 Å². The molecule has 0 aliphatic heterocycles. The highest BCUT2D eigenvalue weighted by Crippen LogP contribution is 2.63. The van der Waals surface area contributed by atoms with Crippen LogP contribution in [0.2, 0.25) is 0 Å². The molecule has 1 aromatic rings. The Balaban J connectivity index is 1.50. The third kappa shape index (κ3) is 6.11. The van der Waals surface area contributed by atoms with Crippen LogP contribution in [0.25, 0.3) is 0 Å². The number of esters is 2. The smallest absolute Gasteiger partial charge is 0.308 e. The number of rotatable bonds is 11. The van der Waals surface area contributed by atoms with Gasteiger partial charge in [0, 0.05) is 25.1 Å². The maximum atomic E-state index is 11.9. The molecule has 6 atom stereocenters. The van der Waals surface area contributed by atoms with E-state index in [2.05, 4.69) is 19.1 Å². The molecule has 0 heterocycles. The third-order valence-electron chi connectivity index (χ3n) is 9.56. The molecule has 2 fully saturated rings. The van der Waals surface area contributed by atoms with Crippen molar-refractivity contribution < 1.29 is 19.1 Å². The van der Waals surface area contributed by atoms with Crippen molar-refractivity contribution in [3.63, 3.8) is 0 Å². The molecule has 1 aromatic carbocycles. The average Bonchev–Trinajstić information content (AvgIpc) is 3.15. The molecule has 5 heteroatoms. The van der Waals surface area contributed by atoms with Crippen LogP contribution in [0.5, 0.6) is 5.75 Å². The number of hydrogen-bond acceptors (Lipinski definition) is 4. The number of carbonyl (C=O) groups is 2. The largest absolute Gasteiger partial charge is 0.462 e. The summed E-state index contributed by atoms with van der Waals surface area (Å²) in [4.78, 5) is 23.4. The Morgan fingerprint density at radius 2 is 1.69 bits per heavy atom. The summed E-state index contributed by atoms with van der Waals surface area (Å²) >= 11 is 5.81. The van der Waals surface area contributed by atoms with E-state index in [1.165, 1.54) is 63.0 Å². The Morgan fingerprint density at radius 1 is 0.972 bits per heavy atom. The molecule has 200 valence electrons. The summed E-state index contributed by atoms with van der Waals surface area (Å²) in [7, 11) is 0. The second-order valence-corrected chi connectivity index (χ2v) is 12.3. The molecule has 2 saturated carbocycles. The first-order chi connectivity index (χ1) is 17.3. The first kappa shape index (κ1) is 27.5. The van der Waals surface area contributed by atoms with E-state index >= 15 is 0 Å². The van der Waals surface area contributed by atoms with Crippen molar-refractivity contribution in [3.8, 4) is 5.75 Å². The molecule has 0 spiro atoms. The molecule has 0 amide bonds. The number of hydrogen-bond donors (Lipinski definition) is 0. The summed E-state index contributed by atoms with van der Waals surface area (Å²) in [5.41, 5.74) is 2.92. The van der Waals surface area contributed by atoms with Gasteiger partial charge in [-0.05, 0) is 91.9 Å². The number of fused-ring (bicyclic) bond motifs is 5. The normalized spacial score (nSPS) is 30.7. The molecule has 0 N–H and O–H groups in total. The average molecular weight is 517 g/mol. The third-order valence-corrected chi connectivity index (χ3v) is 9.83. The van der Waals surface area contributed by atoms with Gasteiger partial charge >= 0.3 is 11.9 Å². The lowest BCUT2D eigenvalue weighted by Crippen LogP contribution is -2.48. The number of unbranched alkanes of at least 4 members (excludes halogenated alkanes) is 6. The van der Waals surface area contributed by atoms with Crippen LogP contribution >= 0.6 is 11.6 Å². The molecular weight excluding hydrogens is 472 g/mol. The van der Waals surface area contributed by atoms with Crippen LogP contribution in [0.4, 0.5) is 0 Å². The first-order valence-electron chi connectivity index (χ1n) is 14.4. The number of carbonyl (C=O) groups excluding carboxylic acids is 2. The highest BCUT2D eigenvalue weighted by molar-refractivity contribution is 6.17. The number of alkyl halides is 1. The fourth-order valence-corrected chi connectivity index (χ4v) is 8.20. The van der Waals surface area contributed by atoms with Gasteiger partial charge in [0.25, 0.3) is 0 Å². The number of ether oxygens (including phenoxy) is 2. The Hall–Kier alpha value is -1.55. The SMILES string of the molecule is CC(=O)Oc1ccc2c(c1)C[C@@H](CCCCCCCCCCl)[C@@H]1[C@@H]2CC[C@]2(C)[C@@H](OC(C)=O)CC[C@@H]12. The van der Waals surface area contributed by atoms with Crippen molar-refractivity contribution in [1.29, 1.82) is 0 Å².